The van der Waals surface area contributed by atoms with Crippen molar-refractivity contribution in [3.05, 3.63) is 59.7 Å². The van der Waals surface area contributed by atoms with Gasteiger partial charge in [0, 0.05) is 11.1 Å². The zero-order valence-electron chi connectivity index (χ0n) is 13.1. The van der Waals surface area contributed by atoms with E-state index in [2.05, 4.69) is 15.0 Å². The monoisotopic (exact) mass is 332 g/mol. The molecule has 1 aromatic heterocycles. The quantitative estimate of drug-likeness (QED) is 0.688. The van der Waals surface area contributed by atoms with E-state index in [-0.39, 0.29) is 5.75 Å². The summed E-state index contributed by atoms with van der Waals surface area (Å²) in [4.78, 5) is 4.59. The predicted octanol–water partition coefficient (Wildman–Crippen LogP) is 5.49. The van der Waals surface area contributed by atoms with Crippen LogP contribution in [0.3, 0.4) is 0 Å². The number of fused-ring (bicyclic) bond motifs is 1. The van der Waals surface area contributed by atoms with Crippen LogP contribution in [0, 0.1) is 13.8 Å². The smallest absolute Gasteiger partial charge is 0.406 e. The molecular weight excluding hydrogens is 317 g/mol. The standard InChI is InChI=1S/C18H15F3N2O/c1-11-3-4-13-10-12(2)17(23-16(13)9-11)22-14-5-7-15(8-6-14)24-18(19,20)21/h3-10H,1-2H3,(H,22,23). The number of halogens is 3. The summed E-state index contributed by atoms with van der Waals surface area (Å²) in [7, 11) is 0. The third-order valence-electron chi connectivity index (χ3n) is 3.51. The van der Waals surface area contributed by atoms with E-state index in [0.29, 0.717) is 11.5 Å². The summed E-state index contributed by atoms with van der Waals surface area (Å²) in [6.45, 7) is 3.92. The fourth-order valence-corrected chi connectivity index (χ4v) is 2.39. The summed E-state index contributed by atoms with van der Waals surface area (Å²) in [6, 6.07) is 13.6. The molecule has 1 heterocycles. The van der Waals surface area contributed by atoms with Crippen LogP contribution in [0.1, 0.15) is 11.1 Å². The Morgan fingerprint density at radius 3 is 2.33 bits per heavy atom. The first-order valence-electron chi connectivity index (χ1n) is 7.31. The molecule has 0 fully saturated rings. The molecule has 0 aliphatic rings. The van der Waals surface area contributed by atoms with Gasteiger partial charge in [0.1, 0.15) is 11.6 Å². The van der Waals surface area contributed by atoms with Gasteiger partial charge in [-0.25, -0.2) is 4.98 Å². The van der Waals surface area contributed by atoms with Crippen molar-refractivity contribution in [3.8, 4) is 5.75 Å². The third kappa shape index (κ3) is 3.76. The number of nitrogens with zero attached hydrogens (tertiary/aromatic N) is 1. The number of alkyl halides is 3. The molecule has 24 heavy (non-hydrogen) atoms. The highest BCUT2D eigenvalue weighted by atomic mass is 19.4. The highest BCUT2D eigenvalue weighted by Crippen LogP contribution is 2.27. The summed E-state index contributed by atoms with van der Waals surface area (Å²) >= 11 is 0. The summed E-state index contributed by atoms with van der Waals surface area (Å²) in [5, 5.41) is 4.17. The van der Waals surface area contributed by atoms with Crippen LogP contribution in [0.25, 0.3) is 10.9 Å². The number of anilines is 2. The molecule has 0 saturated heterocycles. The van der Waals surface area contributed by atoms with Crippen molar-refractivity contribution in [1.29, 1.82) is 0 Å². The number of aryl methyl sites for hydroxylation is 2. The molecule has 3 nitrogen and oxygen atoms in total. The second-order valence-electron chi connectivity index (χ2n) is 5.55. The van der Waals surface area contributed by atoms with E-state index in [0.717, 1.165) is 22.0 Å². The van der Waals surface area contributed by atoms with Gasteiger partial charge < -0.3 is 10.1 Å². The van der Waals surface area contributed by atoms with Gasteiger partial charge in [-0.3, -0.25) is 0 Å². The van der Waals surface area contributed by atoms with E-state index >= 15 is 0 Å². The molecule has 1 N–H and O–H groups in total. The molecule has 6 heteroatoms. The number of ether oxygens (including phenoxy) is 1. The van der Waals surface area contributed by atoms with Crippen LogP contribution in [-0.2, 0) is 0 Å². The Labute approximate surface area is 137 Å². The molecule has 0 saturated carbocycles. The van der Waals surface area contributed by atoms with E-state index in [9.17, 15) is 13.2 Å². The Morgan fingerprint density at radius 1 is 0.958 bits per heavy atom. The number of hydrogen-bond donors (Lipinski definition) is 1. The molecule has 3 aromatic rings. The minimum absolute atomic E-state index is 0.258. The van der Waals surface area contributed by atoms with E-state index in [1.807, 2.05) is 38.1 Å². The lowest BCUT2D eigenvalue weighted by atomic mass is 10.1. The number of aromatic nitrogens is 1. The van der Waals surface area contributed by atoms with Gasteiger partial charge in [0.2, 0.25) is 0 Å². The molecule has 0 aliphatic carbocycles. The highest BCUT2D eigenvalue weighted by molar-refractivity contribution is 5.83. The maximum Gasteiger partial charge on any atom is 0.573 e. The molecule has 124 valence electrons. The molecule has 0 radical (unpaired) electrons. The Morgan fingerprint density at radius 2 is 1.67 bits per heavy atom. The van der Waals surface area contributed by atoms with Crippen LogP contribution in [0.15, 0.2) is 48.5 Å². The second-order valence-corrected chi connectivity index (χ2v) is 5.55. The van der Waals surface area contributed by atoms with Crippen molar-refractivity contribution < 1.29 is 17.9 Å². The summed E-state index contributed by atoms with van der Waals surface area (Å²) in [5.74, 6) is 0.407. The van der Waals surface area contributed by atoms with Gasteiger partial charge in [-0.1, -0.05) is 12.1 Å². The van der Waals surface area contributed by atoms with Crippen molar-refractivity contribution in [2.75, 3.05) is 5.32 Å². The largest absolute Gasteiger partial charge is 0.573 e. The Hall–Kier alpha value is -2.76. The van der Waals surface area contributed by atoms with Gasteiger partial charge in [-0.15, -0.1) is 13.2 Å². The zero-order valence-corrected chi connectivity index (χ0v) is 13.1. The van der Waals surface area contributed by atoms with Crippen molar-refractivity contribution in [2.24, 2.45) is 0 Å². The predicted molar refractivity (Wildman–Crippen MR) is 87.6 cm³/mol. The Kier molecular flexibility index (Phi) is 4.05. The molecule has 0 unspecified atom stereocenters. The first-order chi connectivity index (χ1) is 11.3. The zero-order chi connectivity index (χ0) is 17.3. The number of hydrogen-bond acceptors (Lipinski definition) is 3. The molecule has 0 bridgehead atoms. The first-order valence-corrected chi connectivity index (χ1v) is 7.31. The van der Waals surface area contributed by atoms with Crippen LogP contribution in [0.2, 0.25) is 0 Å². The molecule has 0 spiro atoms. The SMILES string of the molecule is Cc1ccc2cc(C)c(Nc3ccc(OC(F)(F)F)cc3)nc2c1. The topological polar surface area (TPSA) is 34.1 Å². The van der Waals surface area contributed by atoms with Crippen LogP contribution in [0.5, 0.6) is 5.75 Å². The summed E-state index contributed by atoms with van der Waals surface area (Å²) < 4.78 is 40.4. The maximum atomic E-state index is 12.2. The number of nitrogens with one attached hydrogen (secondary N) is 1. The Balaban J connectivity index is 1.85. The number of benzene rings is 2. The molecule has 2 aromatic carbocycles. The van der Waals surface area contributed by atoms with Crippen molar-refractivity contribution in [3.63, 3.8) is 0 Å². The second kappa shape index (κ2) is 6.03. The van der Waals surface area contributed by atoms with Crippen LogP contribution >= 0.6 is 0 Å². The molecule has 3 rings (SSSR count). The normalized spacial score (nSPS) is 11.5. The van der Waals surface area contributed by atoms with Crippen molar-refractivity contribution in [1.82, 2.24) is 4.98 Å². The molecule has 0 atom stereocenters. The number of pyridine rings is 1. The number of rotatable bonds is 3. The lowest BCUT2D eigenvalue weighted by Crippen LogP contribution is -2.16. The summed E-state index contributed by atoms with van der Waals surface area (Å²) in [5.41, 5.74) is 3.55. The van der Waals surface area contributed by atoms with Crippen LogP contribution in [0.4, 0.5) is 24.7 Å². The minimum atomic E-state index is -4.69. The molecular formula is C18H15F3N2O. The molecule has 0 amide bonds. The van der Waals surface area contributed by atoms with Gasteiger partial charge in [0.05, 0.1) is 5.52 Å². The lowest BCUT2D eigenvalue weighted by Gasteiger charge is -2.12. The first kappa shape index (κ1) is 16.1. The van der Waals surface area contributed by atoms with Gasteiger partial charge in [0.15, 0.2) is 0 Å². The van der Waals surface area contributed by atoms with Crippen molar-refractivity contribution >= 4 is 22.4 Å². The molecule has 0 aliphatic heterocycles. The average molecular weight is 332 g/mol. The van der Waals surface area contributed by atoms with E-state index in [1.54, 1.807) is 0 Å². The van der Waals surface area contributed by atoms with Gasteiger partial charge in [0.25, 0.3) is 0 Å². The van der Waals surface area contributed by atoms with E-state index < -0.39 is 6.36 Å². The van der Waals surface area contributed by atoms with Crippen LogP contribution < -0.4 is 10.1 Å². The average Bonchev–Trinajstić information content (AvgIpc) is 2.49. The maximum absolute atomic E-state index is 12.2. The highest BCUT2D eigenvalue weighted by Gasteiger charge is 2.30. The minimum Gasteiger partial charge on any atom is -0.406 e. The van der Waals surface area contributed by atoms with Gasteiger partial charge in [-0.05, 0) is 61.4 Å². The third-order valence-corrected chi connectivity index (χ3v) is 3.51. The van der Waals surface area contributed by atoms with E-state index in [4.69, 9.17) is 0 Å². The van der Waals surface area contributed by atoms with E-state index in [1.165, 1.54) is 24.3 Å². The fourth-order valence-electron chi connectivity index (χ4n) is 2.39. The Bertz CT molecular complexity index is 874. The summed E-state index contributed by atoms with van der Waals surface area (Å²) in [6.07, 6.45) is -4.69. The van der Waals surface area contributed by atoms with Crippen LogP contribution in [-0.4, -0.2) is 11.3 Å². The van der Waals surface area contributed by atoms with Crippen molar-refractivity contribution in [2.45, 2.75) is 20.2 Å². The van der Waals surface area contributed by atoms with Gasteiger partial charge >= 0.3 is 6.36 Å². The van der Waals surface area contributed by atoms with Gasteiger partial charge in [-0.2, -0.15) is 0 Å². The fraction of sp³-hybridized carbons (Fsp3) is 0.167. The lowest BCUT2D eigenvalue weighted by molar-refractivity contribution is -0.274.